The van der Waals surface area contributed by atoms with Gasteiger partial charge in [-0.1, -0.05) is 12.1 Å². The average Bonchev–Trinajstić information content (AvgIpc) is 3.45. The zero-order chi connectivity index (χ0) is 22.1. The highest BCUT2D eigenvalue weighted by Crippen LogP contribution is 2.31. The topological polar surface area (TPSA) is 76.9 Å². The Bertz CT molecular complexity index is 1470. The Morgan fingerprint density at radius 1 is 1.09 bits per heavy atom. The van der Waals surface area contributed by atoms with Crippen LogP contribution in [-0.2, 0) is 11.3 Å². The van der Waals surface area contributed by atoms with E-state index in [2.05, 4.69) is 29.4 Å². The number of thiazole rings is 1. The van der Waals surface area contributed by atoms with Crippen LogP contribution in [0.1, 0.15) is 5.56 Å². The van der Waals surface area contributed by atoms with Gasteiger partial charge in [-0.2, -0.15) is 0 Å². The first kappa shape index (κ1) is 20.3. The number of hydrogen-bond donors (Lipinski definition) is 1. The molecule has 5 rings (SSSR count). The summed E-state index contributed by atoms with van der Waals surface area (Å²) in [7, 11) is 0. The molecule has 8 heteroatoms. The van der Waals surface area contributed by atoms with Crippen LogP contribution >= 0.6 is 22.7 Å². The average molecular weight is 459 g/mol. The minimum absolute atomic E-state index is 0.102. The van der Waals surface area contributed by atoms with Crippen molar-refractivity contribution < 1.29 is 4.79 Å². The number of amides is 1. The molecule has 32 heavy (non-hydrogen) atoms. The first-order valence-corrected chi connectivity index (χ1v) is 11.6. The Morgan fingerprint density at radius 2 is 1.94 bits per heavy atom. The molecule has 0 fully saturated rings. The van der Waals surface area contributed by atoms with Crippen LogP contribution in [0, 0.1) is 6.92 Å². The number of rotatable bonds is 5. The Labute approximate surface area is 191 Å². The lowest BCUT2D eigenvalue weighted by Crippen LogP contribution is -2.27. The molecular formula is C24H18N4O2S2. The van der Waals surface area contributed by atoms with E-state index < -0.39 is 0 Å². The number of carbonyl (C=O) groups excluding carboxylic acids is 1. The molecule has 0 aliphatic carbocycles. The summed E-state index contributed by atoms with van der Waals surface area (Å²) in [5.41, 5.74) is 4.19. The largest absolute Gasteiger partial charge is 0.325 e. The van der Waals surface area contributed by atoms with Gasteiger partial charge in [-0.05, 0) is 60.3 Å². The highest BCUT2D eigenvalue weighted by atomic mass is 32.1. The standard InChI is InChI=1S/C24H18N4O2S2/c1-15-4-9-18-21(11-15)32-24(27-18)16-5-7-17(8-6-16)26-22(29)13-28-14-25-19(12-23(28)30)20-3-2-10-31-20/h2-12,14H,13H2,1H3,(H,26,29). The Kier molecular flexibility index (Phi) is 5.38. The number of thiophene rings is 1. The molecule has 1 amide bonds. The summed E-state index contributed by atoms with van der Waals surface area (Å²) in [5.74, 6) is -0.291. The van der Waals surface area contributed by atoms with Gasteiger partial charge in [0.15, 0.2) is 0 Å². The maximum atomic E-state index is 12.4. The second-order valence-electron chi connectivity index (χ2n) is 7.33. The van der Waals surface area contributed by atoms with Crippen LogP contribution in [0.3, 0.4) is 0 Å². The zero-order valence-corrected chi connectivity index (χ0v) is 18.7. The van der Waals surface area contributed by atoms with Crippen LogP contribution in [0.4, 0.5) is 5.69 Å². The molecule has 3 heterocycles. The van der Waals surface area contributed by atoms with E-state index in [1.54, 1.807) is 11.3 Å². The van der Waals surface area contributed by atoms with Crippen LogP contribution in [0.15, 0.2) is 77.2 Å². The van der Waals surface area contributed by atoms with E-state index in [-0.39, 0.29) is 18.0 Å². The van der Waals surface area contributed by atoms with Crippen molar-refractivity contribution in [3.05, 3.63) is 88.3 Å². The van der Waals surface area contributed by atoms with Gasteiger partial charge in [0.25, 0.3) is 5.56 Å². The van der Waals surface area contributed by atoms with Crippen molar-refractivity contribution >= 4 is 44.5 Å². The number of anilines is 1. The minimum Gasteiger partial charge on any atom is -0.325 e. The van der Waals surface area contributed by atoms with Crippen molar-refractivity contribution in [1.29, 1.82) is 0 Å². The third-order valence-corrected chi connectivity index (χ3v) is 6.89. The van der Waals surface area contributed by atoms with Crippen molar-refractivity contribution in [1.82, 2.24) is 14.5 Å². The highest BCUT2D eigenvalue weighted by Gasteiger charge is 2.10. The van der Waals surface area contributed by atoms with E-state index in [4.69, 9.17) is 4.98 Å². The van der Waals surface area contributed by atoms with Gasteiger partial charge in [0.2, 0.25) is 5.91 Å². The van der Waals surface area contributed by atoms with E-state index in [1.807, 2.05) is 47.8 Å². The van der Waals surface area contributed by atoms with Gasteiger partial charge in [-0.25, -0.2) is 9.97 Å². The van der Waals surface area contributed by atoms with Gasteiger partial charge in [0.05, 0.1) is 27.1 Å². The number of fused-ring (bicyclic) bond motifs is 1. The fraction of sp³-hybridized carbons (Fsp3) is 0.0833. The molecule has 158 valence electrons. The lowest BCUT2D eigenvalue weighted by Gasteiger charge is -2.08. The van der Waals surface area contributed by atoms with Crippen molar-refractivity contribution in [3.63, 3.8) is 0 Å². The summed E-state index contributed by atoms with van der Waals surface area (Å²) in [4.78, 5) is 34.7. The van der Waals surface area contributed by atoms with Crippen LogP contribution in [0.5, 0.6) is 0 Å². The molecule has 0 unspecified atom stereocenters. The molecule has 2 aromatic carbocycles. The minimum atomic E-state index is -0.291. The first-order chi connectivity index (χ1) is 15.5. The molecule has 6 nitrogen and oxygen atoms in total. The third kappa shape index (κ3) is 4.23. The number of aromatic nitrogens is 3. The number of carbonyl (C=O) groups is 1. The Balaban J connectivity index is 1.27. The summed E-state index contributed by atoms with van der Waals surface area (Å²) < 4.78 is 2.45. The number of aryl methyl sites for hydroxylation is 1. The van der Waals surface area contributed by atoms with Crippen LogP contribution < -0.4 is 10.9 Å². The summed E-state index contributed by atoms with van der Waals surface area (Å²) in [6, 6.07) is 19.0. The lowest BCUT2D eigenvalue weighted by molar-refractivity contribution is -0.116. The van der Waals surface area contributed by atoms with Gasteiger partial charge in [-0.15, -0.1) is 22.7 Å². The van der Waals surface area contributed by atoms with Gasteiger partial charge >= 0.3 is 0 Å². The normalized spacial score (nSPS) is 11.0. The van der Waals surface area contributed by atoms with Crippen LogP contribution in [-0.4, -0.2) is 20.4 Å². The lowest BCUT2D eigenvalue weighted by atomic mass is 10.2. The fourth-order valence-electron chi connectivity index (χ4n) is 3.31. The SMILES string of the molecule is Cc1ccc2nc(-c3ccc(NC(=O)Cn4cnc(-c5cccs5)cc4=O)cc3)sc2c1. The molecular weight excluding hydrogens is 440 g/mol. The van der Waals surface area contributed by atoms with E-state index >= 15 is 0 Å². The van der Waals surface area contributed by atoms with E-state index in [9.17, 15) is 9.59 Å². The Morgan fingerprint density at radius 3 is 2.69 bits per heavy atom. The van der Waals surface area contributed by atoms with Crippen molar-refractivity contribution in [2.24, 2.45) is 0 Å². The van der Waals surface area contributed by atoms with E-state index in [0.717, 1.165) is 25.7 Å². The van der Waals surface area contributed by atoms with Gasteiger partial charge < -0.3 is 5.32 Å². The molecule has 0 radical (unpaired) electrons. The quantitative estimate of drug-likeness (QED) is 0.393. The summed E-state index contributed by atoms with van der Waals surface area (Å²) in [5, 5.41) is 5.70. The Hall–Kier alpha value is -3.62. The molecule has 3 aromatic heterocycles. The number of hydrogen-bond acceptors (Lipinski definition) is 6. The molecule has 0 bridgehead atoms. The third-order valence-electron chi connectivity index (χ3n) is 4.93. The predicted molar refractivity (Wildman–Crippen MR) is 130 cm³/mol. The molecule has 0 atom stereocenters. The van der Waals surface area contributed by atoms with Gasteiger partial charge in [0.1, 0.15) is 11.6 Å². The summed E-state index contributed by atoms with van der Waals surface area (Å²) in [6.45, 7) is 1.97. The maximum absolute atomic E-state index is 12.4. The van der Waals surface area contributed by atoms with E-state index in [0.29, 0.717) is 11.4 Å². The van der Waals surface area contributed by atoms with Crippen molar-refractivity contribution in [2.75, 3.05) is 5.32 Å². The van der Waals surface area contributed by atoms with Crippen LogP contribution in [0.25, 0.3) is 31.4 Å². The van der Waals surface area contributed by atoms with Gasteiger partial charge in [-0.3, -0.25) is 14.2 Å². The number of nitrogens with one attached hydrogen (secondary N) is 1. The number of benzene rings is 2. The molecule has 1 N–H and O–H groups in total. The first-order valence-electron chi connectivity index (χ1n) is 9.93. The second-order valence-corrected chi connectivity index (χ2v) is 9.31. The van der Waals surface area contributed by atoms with Crippen molar-refractivity contribution in [2.45, 2.75) is 13.5 Å². The zero-order valence-electron chi connectivity index (χ0n) is 17.1. The molecule has 0 aliphatic rings. The smallest absolute Gasteiger partial charge is 0.254 e. The molecule has 5 aromatic rings. The molecule has 0 aliphatic heterocycles. The molecule has 0 saturated heterocycles. The monoisotopic (exact) mass is 458 g/mol. The highest BCUT2D eigenvalue weighted by molar-refractivity contribution is 7.21. The predicted octanol–water partition coefficient (Wildman–Crippen LogP) is 5.20. The van der Waals surface area contributed by atoms with Crippen molar-refractivity contribution in [3.8, 4) is 21.1 Å². The maximum Gasteiger partial charge on any atom is 0.254 e. The second kappa shape index (κ2) is 8.49. The summed E-state index contributed by atoms with van der Waals surface area (Å²) in [6.07, 6.45) is 1.41. The van der Waals surface area contributed by atoms with E-state index in [1.165, 1.54) is 33.9 Å². The van der Waals surface area contributed by atoms with Crippen LogP contribution in [0.2, 0.25) is 0 Å². The molecule has 0 saturated carbocycles. The fourth-order valence-corrected chi connectivity index (χ4v) is 5.07. The summed E-state index contributed by atoms with van der Waals surface area (Å²) >= 11 is 3.16. The van der Waals surface area contributed by atoms with Gasteiger partial charge in [0, 0.05) is 17.3 Å². The number of nitrogens with zero attached hydrogens (tertiary/aromatic N) is 3. The molecule has 0 spiro atoms.